The lowest BCUT2D eigenvalue weighted by molar-refractivity contribution is 0.102. The number of carbonyl (C=O) groups excluding carboxylic acids is 1. The summed E-state index contributed by atoms with van der Waals surface area (Å²) in [5, 5.41) is 2.75. The van der Waals surface area contributed by atoms with Crippen LogP contribution in [0.15, 0.2) is 82.2 Å². The van der Waals surface area contributed by atoms with Gasteiger partial charge in [-0.15, -0.1) is 0 Å². The fourth-order valence-electron chi connectivity index (χ4n) is 2.46. The fraction of sp³-hybridized carbons (Fsp3) is 0.0500. The van der Waals surface area contributed by atoms with Crippen molar-refractivity contribution < 1.29 is 13.2 Å². The molecule has 3 aromatic carbocycles. The van der Waals surface area contributed by atoms with Crippen LogP contribution >= 0.6 is 15.9 Å². The van der Waals surface area contributed by atoms with E-state index in [4.69, 9.17) is 0 Å². The average Bonchev–Trinajstić information content (AvgIpc) is 2.64. The summed E-state index contributed by atoms with van der Waals surface area (Å²) in [6.45, 7) is 1.82. The van der Waals surface area contributed by atoms with Crippen LogP contribution in [-0.2, 0) is 10.0 Å². The number of sulfonamides is 1. The molecule has 138 valence electrons. The molecule has 3 aromatic rings. The molecule has 0 aliphatic heterocycles. The van der Waals surface area contributed by atoms with E-state index in [1.54, 1.807) is 48.5 Å². The molecule has 3 rings (SSSR count). The number of nitrogens with one attached hydrogen (secondary N) is 2. The number of anilines is 2. The van der Waals surface area contributed by atoms with Crippen LogP contribution in [0.2, 0.25) is 0 Å². The molecule has 0 saturated heterocycles. The first-order valence-corrected chi connectivity index (χ1v) is 10.4. The fourth-order valence-corrected chi connectivity index (χ4v) is 4.58. The number of para-hydroxylation sites is 2. The van der Waals surface area contributed by atoms with Crippen molar-refractivity contribution in [2.75, 3.05) is 10.0 Å². The summed E-state index contributed by atoms with van der Waals surface area (Å²) in [6, 6.07) is 20.5. The molecule has 1 amide bonds. The molecule has 0 spiro atoms. The summed E-state index contributed by atoms with van der Waals surface area (Å²) in [6.07, 6.45) is 0. The van der Waals surface area contributed by atoms with Gasteiger partial charge < -0.3 is 5.32 Å². The lowest BCUT2D eigenvalue weighted by atomic mass is 10.2. The van der Waals surface area contributed by atoms with Crippen LogP contribution in [0.4, 0.5) is 11.4 Å². The van der Waals surface area contributed by atoms with Gasteiger partial charge in [0.25, 0.3) is 15.9 Å². The lowest BCUT2D eigenvalue weighted by Crippen LogP contribution is -2.17. The molecule has 2 N–H and O–H groups in total. The number of halogens is 1. The highest BCUT2D eigenvalue weighted by atomic mass is 79.9. The van der Waals surface area contributed by atoms with E-state index >= 15 is 0 Å². The first-order valence-electron chi connectivity index (χ1n) is 8.11. The number of amides is 1. The van der Waals surface area contributed by atoms with Crippen LogP contribution in [0.5, 0.6) is 0 Å². The summed E-state index contributed by atoms with van der Waals surface area (Å²) in [5.41, 5.74) is 2.17. The quantitative estimate of drug-likeness (QED) is 0.592. The number of aryl methyl sites for hydroxylation is 1. The molecule has 0 aromatic heterocycles. The Kier molecular flexibility index (Phi) is 5.62. The highest BCUT2D eigenvalue weighted by Crippen LogP contribution is 2.27. The second-order valence-corrected chi connectivity index (χ2v) is 8.39. The maximum absolute atomic E-state index is 12.8. The molecule has 7 heteroatoms. The topological polar surface area (TPSA) is 75.3 Å². The van der Waals surface area contributed by atoms with Crippen molar-refractivity contribution in [3.63, 3.8) is 0 Å². The molecule has 0 unspecified atom stereocenters. The van der Waals surface area contributed by atoms with Crippen LogP contribution in [0.1, 0.15) is 15.9 Å². The predicted octanol–water partition coefficient (Wildman–Crippen LogP) is 4.81. The zero-order valence-corrected chi connectivity index (χ0v) is 16.8. The van der Waals surface area contributed by atoms with Gasteiger partial charge in [-0.25, -0.2) is 8.42 Å². The molecular formula is C20H17BrN2O3S. The minimum atomic E-state index is -3.87. The van der Waals surface area contributed by atoms with Gasteiger partial charge in [0.15, 0.2) is 0 Å². The van der Waals surface area contributed by atoms with Crippen molar-refractivity contribution in [2.45, 2.75) is 11.8 Å². The van der Waals surface area contributed by atoms with Crippen LogP contribution in [0, 0.1) is 6.92 Å². The first-order chi connectivity index (χ1) is 12.9. The Balaban J connectivity index is 1.90. The van der Waals surface area contributed by atoms with Crippen LogP contribution < -0.4 is 10.0 Å². The average molecular weight is 445 g/mol. The smallest absolute Gasteiger partial charge is 0.263 e. The van der Waals surface area contributed by atoms with Crippen LogP contribution in [0.3, 0.4) is 0 Å². The van der Waals surface area contributed by atoms with Crippen LogP contribution in [-0.4, -0.2) is 14.3 Å². The van der Waals surface area contributed by atoms with Gasteiger partial charge in [0.1, 0.15) is 4.90 Å². The number of carbonyl (C=O) groups is 1. The van der Waals surface area contributed by atoms with E-state index in [0.717, 1.165) is 5.56 Å². The van der Waals surface area contributed by atoms with E-state index in [-0.39, 0.29) is 16.4 Å². The number of hydrogen-bond acceptors (Lipinski definition) is 3. The molecule has 0 aliphatic carbocycles. The van der Waals surface area contributed by atoms with E-state index in [1.165, 1.54) is 6.07 Å². The number of rotatable bonds is 5. The molecule has 0 atom stereocenters. The molecule has 0 saturated carbocycles. The van der Waals surface area contributed by atoms with Gasteiger partial charge in [-0.2, -0.15) is 0 Å². The Morgan fingerprint density at radius 1 is 0.926 bits per heavy atom. The highest BCUT2D eigenvalue weighted by molar-refractivity contribution is 9.10. The lowest BCUT2D eigenvalue weighted by Gasteiger charge is -2.13. The standard InChI is InChI=1S/C20H17BrN2O3S/c1-14-7-5-6-10-18(14)23-27(25,26)19-13-15(11-12-17(19)21)20(24)22-16-8-3-2-4-9-16/h2-13,23H,1H3,(H,22,24). The van der Waals surface area contributed by atoms with E-state index in [9.17, 15) is 13.2 Å². The Hall–Kier alpha value is -2.64. The second-order valence-electron chi connectivity index (χ2n) is 5.89. The monoisotopic (exact) mass is 444 g/mol. The Morgan fingerprint density at radius 3 is 2.30 bits per heavy atom. The molecule has 5 nitrogen and oxygen atoms in total. The van der Waals surface area contributed by atoms with Gasteiger partial charge in [-0.05, 0) is 64.8 Å². The summed E-state index contributed by atoms with van der Waals surface area (Å²) in [7, 11) is -3.87. The third-order valence-electron chi connectivity index (χ3n) is 3.90. The minimum absolute atomic E-state index is 0.00790. The van der Waals surface area contributed by atoms with E-state index in [0.29, 0.717) is 15.8 Å². The molecule has 0 radical (unpaired) electrons. The van der Waals surface area contributed by atoms with E-state index in [2.05, 4.69) is 26.0 Å². The van der Waals surface area contributed by atoms with Crippen LogP contribution in [0.25, 0.3) is 0 Å². The van der Waals surface area contributed by atoms with Gasteiger partial charge in [0.2, 0.25) is 0 Å². The largest absolute Gasteiger partial charge is 0.322 e. The maximum atomic E-state index is 12.8. The molecule has 0 bridgehead atoms. The van der Waals surface area contributed by atoms with Gasteiger partial charge in [0, 0.05) is 15.7 Å². The van der Waals surface area contributed by atoms with Crippen molar-refractivity contribution in [3.05, 3.63) is 88.4 Å². The van der Waals surface area contributed by atoms with Gasteiger partial charge >= 0.3 is 0 Å². The summed E-state index contributed by atoms with van der Waals surface area (Å²) >= 11 is 3.26. The summed E-state index contributed by atoms with van der Waals surface area (Å²) < 4.78 is 28.6. The zero-order chi connectivity index (χ0) is 19.4. The molecule has 27 heavy (non-hydrogen) atoms. The van der Waals surface area contributed by atoms with E-state index < -0.39 is 10.0 Å². The van der Waals surface area contributed by atoms with Gasteiger partial charge in [-0.1, -0.05) is 36.4 Å². The van der Waals surface area contributed by atoms with Gasteiger partial charge in [0.05, 0.1) is 5.69 Å². The Labute approximate surface area is 166 Å². The normalized spacial score (nSPS) is 11.0. The molecular weight excluding hydrogens is 428 g/mol. The second kappa shape index (κ2) is 7.94. The summed E-state index contributed by atoms with van der Waals surface area (Å²) in [4.78, 5) is 12.5. The van der Waals surface area contributed by atoms with Crippen molar-refractivity contribution in [1.82, 2.24) is 0 Å². The highest BCUT2D eigenvalue weighted by Gasteiger charge is 2.21. The number of hydrogen-bond donors (Lipinski definition) is 2. The molecule has 0 fully saturated rings. The van der Waals surface area contributed by atoms with Crippen molar-refractivity contribution in [2.24, 2.45) is 0 Å². The van der Waals surface area contributed by atoms with Crippen molar-refractivity contribution in [1.29, 1.82) is 0 Å². The van der Waals surface area contributed by atoms with Crippen molar-refractivity contribution in [3.8, 4) is 0 Å². The van der Waals surface area contributed by atoms with E-state index in [1.807, 2.05) is 25.1 Å². The first kappa shape index (κ1) is 19.1. The SMILES string of the molecule is Cc1ccccc1NS(=O)(=O)c1cc(C(=O)Nc2ccccc2)ccc1Br. The number of benzene rings is 3. The maximum Gasteiger partial charge on any atom is 0.263 e. The summed E-state index contributed by atoms with van der Waals surface area (Å²) in [5.74, 6) is -0.388. The molecule has 0 heterocycles. The Morgan fingerprint density at radius 2 is 1.59 bits per heavy atom. The molecule has 0 aliphatic rings. The third-order valence-corrected chi connectivity index (χ3v) is 6.26. The third kappa shape index (κ3) is 4.56. The zero-order valence-electron chi connectivity index (χ0n) is 14.4. The Bertz CT molecular complexity index is 1080. The minimum Gasteiger partial charge on any atom is -0.322 e. The predicted molar refractivity (Wildman–Crippen MR) is 111 cm³/mol. The van der Waals surface area contributed by atoms with Gasteiger partial charge in [-0.3, -0.25) is 9.52 Å². The van der Waals surface area contributed by atoms with Crippen molar-refractivity contribution >= 4 is 43.2 Å².